The lowest BCUT2D eigenvalue weighted by molar-refractivity contribution is -0.127. The van der Waals surface area contributed by atoms with Crippen LogP contribution >= 0.6 is 11.3 Å². The molecule has 2 aromatic carbocycles. The number of hydrogen-bond acceptors (Lipinski definition) is 9. The Hall–Kier alpha value is -4.45. The summed E-state index contributed by atoms with van der Waals surface area (Å²) in [5.74, 6) is -1.03. The number of thiophene rings is 1. The molecule has 2 aliphatic rings. The van der Waals surface area contributed by atoms with Gasteiger partial charge >= 0.3 is 0 Å². The van der Waals surface area contributed by atoms with Gasteiger partial charge in [-0.2, -0.15) is 0 Å². The molecule has 0 spiro atoms. The number of carbonyl (C=O) groups is 3. The SMILES string of the molecule is C=CC(=O)N1CCCC(NC(=O)c2sc3c(N)ccc4c3c2C(N)C(=O)C4(N)c2cc(-c3ccccc3)ncn2)C1. The van der Waals surface area contributed by atoms with Gasteiger partial charge in [-0.3, -0.25) is 14.4 Å². The lowest BCUT2D eigenvalue weighted by Gasteiger charge is -2.36. The van der Waals surface area contributed by atoms with Crippen molar-refractivity contribution in [1.82, 2.24) is 20.2 Å². The highest BCUT2D eigenvalue weighted by atomic mass is 32.1. The number of ketones is 1. The minimum Gasteiger partial charge on any atom is -0.398 e. The van der Waals surface area contributed by atoms with Gasteiger partial charge in [0.25, 0.3) is 5.91 Å². The number of nitrogens with zero attached hydrogens (tertiary/aromatic N) is 3. The Morgan fingerprint density at radius 3 is 2.71 bits per heavy atom. The molecule has 4 aromatic rings. The van der Waals surface area contributed by atoms with Crippen LogP contribution in [-0.2, 0) is 15.1 Å². The number of rotatable bonds is 5. The number of anilines is 1. The molecule has 1 fully saturated rings. The Bertz CT molecular complexity index is 1720. The molecule has 1 aliphatic heterocycles. The van der Waals surface area contributed by atoms with E-state index in [1.54, 1.807) is 23.1 Å². The van der Waals surface area contributed by atoms with Crippen LogP contribution < -0.4 is 22.5 Å². The maximum atomic E-state index is 14.1. The summed E-state index contributed by atoms with van der Waals surface area (Å²) in [5, 5.41) is 3.64. The highest BCUT2D eigenvalue weighted by Gasteiger charge is 2.50. The Morgan fingerprint density at radius 1 is 1.17 bits per heavy atom. The lowest BCUT2D eigenvalue weighted by Crippen LogP contribution is -2.53. The van der Waals surface area contributed by atoms with E-state index in [1.165, 1.54) is 23.7 Å². The van der Waals surface area contributed by atoms with Crippen LogP contribution in [0.2, 0.25) is 0 Å². The zero-order valence-electron chi connectivity index (χ0n) is 22.2. The molecule has 1 saturated heterocycles. The van der Waals surface area contributed by atoms with Crippen molar-refractivity contribution in [3.8, 4) is 11.3 Å². The van der Waals surface area contributed by atoms with Crippen LogP contribution in [0.25, 0.3) is 21.3 Å². The van der Waals surface area contributed by atoms with Crippen molar-refractivity contribution in [1.29, 1.82) is 0 Å². The third-order valence-electron chi connectivity index (χ3n) is 7.90. The number of Topliss-reactive ketones (excluding diaryl/α,β-unsaturated/α-hetero) is 1. The third-order valence-corrected chi connectivity index (χ3v) is 9.16. The van der Waals surface area contributed by atoms with E-state index in [4.69, 9.17) is 17.2 Å². The molecule has 41 heavy (non-hydrogen) atoms. The quantitative estimate of drug-likeness (QED) is 0.211. The molecule has 3 heterocycles. The zero-order chi connectivity index (χ0) is 28.9. The largest absolute Gasteiger partial charge is 0.398 e. The van der Waals surface area contributed by atoms with Gasteiger partial charge in [-0.05, 0) is 36.6 Å². The molecule has 3 unspecified atom stereocenters. The first-order valence-electron chi connectivity index (χ1n) is 13.3. The summed E-state index contributed by atoms with van der Waals surface area (Å²) in [6.07, 6.45) is 4.12. The van der Waals surface area contributed by atoms with E-state index in [0.29, 0.717) is 62.7 Å². The van der Waals surface area contributed by atoms with Gasteiger partial charge in [0, 0.05) is 41.3 Å². The van der Waals surface area contributed by atoms with Gasteiger partial charge in [0.15, 0.2) is 5.78 Å². The Morgan fingerprint density at radius 2 is 1.95 bits per heavy atom. The van der Waals surface area contributed by atoms with E-state index in [2.05, 4.69) is 21.9 Å². The number of likely N-dealkylation sites (tertiary alicyclic amines) is 1. The molecule has 1 aliphatic carbocycles. The van der Waals surface area contributed by atoms with E-state index in [9.17, 15) is 14.4 Å². The zero-order valence-corrected chi connectivity index (χ0v) is 23.0. The third kappa shape index (κ3) is 4.29. The Balaban J connectivity index is 1.43. The van der Waals surface area contributed by atoms with E-state index in [0.717, 1.165) is 12.0 Å². The number of nitrogen functional groups attached to an aromatic ring is 1. The van der Waals surface area contributed by atoms with Crippen molar-refractivity contribution in [3.63, 3.8) is 0 Å². The summed E-state index contributed by atoms with van der Waals surface area (Å²) in [6.45, 7) is 4.54. The molecular weight excluding hydrogens is 538 g/mol. The van der Waals surface area contributed by atoms with Crippen molar-refractivity contribution in [3.05, 3.63) is 89.2 Å². The van der Waals surface area contributed by atoms with Crippen molar-refractivity contribution < 1.29 is 14.4 Å². The Labute approximate surface area is 240 Å². The number of nitrogens with two attached hydrogens (primary N) is 3. The highest BCUT2D eigenvalue weighted by Crippen LogP contribution is 2.49. The van der Waals surface area contributed by atoms with Crippen LogP contribution in [0.15, 0.2) is 67.5 Å². The predicted octanol–water partition coefficient (Wildman–Crippen LogP) is 2.63. The molecular formula is C30H29N7O3S. The van der Waals surface area contributed by atoms with E-state index in [1.807, 2.05) is 30.3 Å². The van der Waals surface area contributed by atoms with Gasteiger partial charge < -0.3 is 27.4 Å². The topological polar surface area (TPSA) is 170 Å². The molecule has 0 radical (unpaired) electrons. The van der Waals surface area contributed by atoms with Gasteiger partial charge in [0.05, 0.1) is 27.0 Å². The first-order chi connectivity index (χ1) is 19.7. The summed E-state index contributed by atoms with van der Waals surface area (Å²) >= 11 is 1.19. The van der Waals surface area contributed by atoms with Crippen molar-refractivity contribution in [2.45, 2.75) is 30.5 Å². The number of aromatic nitrogens is 2. The first-order valence-corrected chi connectivity index (χ1v) is 14.1. The van der Waals surface area contributed by atoms with E-state index < -0.39 is 17.4 Å². The van der Waals surface area contributed by atoms with Gasteiger partial charge in [0.2, 0.25) is 5.91 Å². The molecule has 6 rings (SSSR count). The molecule has 10 nitrogen and oxygen atoms in total. The second-order valence-electron chi connectivity index (χ2n) is 10.4. The normalized spacial score (nSPS) is 22.0. The monoisotopic (exact) mass is 567 g/mol. The van der Waals surface area contributed by atoms with Crippen LogP contribution in [0.5, 0.6) is 0 Å². The molecule has 3 atom stereocenters. The minimum atomic E-state index is -1.69. The lowest BCUT2D eigenvalue weighted by atomic mass is 9.72. The number of amides is 2. The summed E-state index contributed by atoms with van der Waals surface area (Å²) in [7, 11) is 0. The molecule has 11 heteroatoms. The van der Waals surface area contributed by atoms with Crippen LogP contribution in [0, 0.1) is 0 Å². The van der Waals surface area contributed by atoms with Crippen LogP contribution in [0.3, 0.4) is 0 Å². The second-order valence-corrected chi connectivity index (χ2v) is 11.4. The number of nitrogens with one attached hydrogen (secondary N) is 1. The summed E-state index contributed by atoms with van der Waals surface area (Å²) < 4.78 is 0.630. The number of hydrogen-bond donors (Lipinski definition) is 4. The Kier molecular flexibility index (Phi) is 6.65. The molecule has 0 saturated carbocycles. The maximum Gasteiger partial charge on any atom is 0.262 e. The first kappa shape index (κ1) is 26.8. The fourth-order valence-corrected chi connectivity index (χ4v) is 7.03. The van der Waals surface area contributed by atoms with Crippen molar-refractivity contribution in [2.24, 2.45) is 11.5 Å². The van der Waals surface area contributed by atoms with Gasteiger partial charge in [-0.25, -0.2) is 9.97 Å². The molecule has 0 bridgehead atoms. The minimum absolute atomic E-state index is 0.176. The van der Waals surface area contributed by atoms with Gasteiger partial charge in [0.1, 0.15) is 11.9 Å². The van der Waals surface area contributed by atoms with E-state index in [-0.39, 0.29) is 17.9 Å². The summed E-state index contributed by atoms with van der Waals surface area (Å²) in [4.78, 5) is 50.6. The van der Waals surface area contributed by atoms with Gasteiger partial charge in [-0.1, -0.05) is 43.0 Å². The van der Waals surface area contributed by atoms with Crippen molar-refractivity contribution >= 4 is 44.7 Å². The highest BCUT2D eigenvalue weighted by molar-refractivity contribution is 7.21. The molecule has 2 aromatic heterocycles. The maximum absolute atomic E-state index is 14.1. The summed E-state index contributed by atoms with van der Waals surface area (Å²) in [6, 6.07) is 13.2. The summed E-state index contributed by atoms with van der Waals surface area (Å²) in [5.41, 5.74) is 21.4. The standard InChI is InChI=1S/C30H29N7O3S/c1-2-22(38)37-12-6-9-17(14-37)36-29(40)27-24-23-18(10-11-19(31)26(23)41-27)30(33,28(39)25(24)32)21-13-20(34-15-35-21)16-7-4-3-5-8-16/h2-5,7-8,10-11,13,15,17,25H,1,6,9,12,14,31-33H2,(H,36,40). The predicted molar refractivity (Wildman–Crippen MR) is 158 cm³/mol. The average molecular weight is 568 g/mol. The molecule has 208 valence electrons. The van der Waals surface area contributed by atoms with Crippen LogP contribution in [0.4, 0.5) is 5.69 Å². The molecule has 2 amide bonds. The smallest absolute Gasteiger partial charge is 0.262 e. The fraction of sp³-hybridized carbons (Fsp3) is 0.233. The van der Waals surface area contributed by atoms with Crippen LogP contribution in [-0.4, -0.2) is 51.6 Å². The van der Waals surface area contributed by atoms with Crippen molar-refractivity contribution in [2.75, 3.05) is 18.8 Å². The fourth-order valence-electron chi connectivity index (χ4n) is 5.83. The number of carbonyl (C=O) groups excluding carboxylic acids is 3. The second kappa shape index (κ2) is 10.2. The number of piperidine rings is 1. The van der Waals surface area contributed by atoms with Crippen LogP contribution in [0.1, 0.15) is 45.4 Å². The molecule has 7 N–H and O–H groups in total. The van der Waals surface area contributed by atoms with Gasteiger partial charge in [-0.15, -0.1) is 11.3 Å². The average Bonchev–Trinajstić information content (AvgIpc) is 3.42. The number of benzene rings is 2. The van der Waals surface area contributed by atoms with E-state index >= 15 is 0 Å².